The number of hydrogen-bond acceptors (Lipinski definition) is 4. The molecule has 130 valence electrons. The molecule has 2 aromatic rings. The van der Waals surface area contributed by atoms with E-state index in [1.54, 1.807) is 14.2 Å². The van der Waals surface area contributed by atoms with Crippen molar-refractivity contribution in [3.05, 3.63) is 46.8 Å². The maximum Gasteiger partial charge on any atom is 0.190 e. The number of nitrogens with one attached hydrogen (secondary N) is 2. The topological polar surface area (TPSA) is 71.7 Å². The molecule has 0 aliphatic rings. The van der Waals surface area contributed by atoms with Gasteiger partial charge in [0.1, 0.15) is 11.5 Å². The van der Waals surface area contributed by atoms with Crippen molar-refractivity contribution >= 4 is 5.96 Å². The minimum absolute atomic E-state index is 0.783. The maximum atomic E-state index is 5.18. The van der Waals surface area contributed by atoms with E-state index in [0.717, 1.165) is 54.7 Å². The molecule has 0 radical (unpaired) electrons. The highest BCUT2D eigenvalue weighted by Gasteiger charge is 2.08. The third-order valence-electron chi connectivity index (χ3n) is 3.94. The molecular formula is C18H26N4O2. The Labute approximate surface area is 143 Å². The van der Waals surface area contributed by atoms with Crippen LogP contribution in [0.25, 0.3) is 0 Å². The molecular weight excluding hydrogens is 304 g/mol. The summed E-state index contributed by atoms with van der Waals surface area (Å²) in [4.78, 5) is 4.25. The van der Waals surface area contributed by atoms with E-state index >= 15 is 0 Å². The number of aryl methyl sites for hydroxylation is 2. The molecule has 0 fully saturated rings. The number of benzene rings is 1. The Balaban J connectivity index is 1.72. The van der Waals surface area contributed by atoms with Crippen LogP contribution in [0.5, 0.6) is 5.75 Å². The first-order valence-corrected chi connectivity index (χ1v) is 8.13. The first-order chi connectivity index (χ1) is 11.6. The fraction of sp³-hybridized carbons (Fsp3) is 0.444. The van der Waals surface area contributed by atoms with E-state index in [2.05, 4.69) is 32.9 Å². The first-order valence-electron chi connectivity index (χ1n) is 8.13. The van der Waals surface area contributed by atoms with Crippen LogP contribution in [0.2, 0.25) is 0 Å². The molecule has 24 heavy (non-hydrogen) atoms. The summed E-state index contributed by atoms with van der Waals surface area (Å²) in [6.45, 7) is 5.51. The molecule has 0 unspecified atom stereocenters. The van der Waals surface area contributed by atoms with E-state index in [1.165, 1.54) is 5.56 Å². The molecule has 0 saturated heterocycles. The van der Waals surface area contributed by atoms with Gasteiger partial charge >= 0.3 is 0 Å². The van der Waals surface area contributed by atoms with Crippen molar-refractivity contribution in [2.75, 3.05) is 27.2 Å². The Bertz CT molecular complexity index is 643. The third-order valence-corrected chi connectivity index (χ3v) is 3.94. The maximum absolute atomic E-state index is 5.18. The summed E-state index contributed by atoms with van der Waals surface area (Å²) in [6.07, 6.45) is 1.79. The van der Waals surface area contributed by atoms with Gasteiger partial charge in [0.15, 0.2) is 5.96 Å². The lowest BCUT2D eigenvalue weighted by Gasteiger charge is -2.12. The molecule has 1 aromatic carbocycles. The van der Waals surface area contributed by atoms with E-state index in [0.29, 0.717) is 0 Å². The molecule has 0 aliphatic carbocycles. The van der Waals surface area contributed by atoms with Crippen LogP contribution in [0.15, 0.2) is 33.8 Å². The minimum atomic E-state index is 0.783. The van der Waals surface area contributed by atoms with Gasteiger partial charge in [0.2, 0.25) is 0 Å². The van der Waals surface area contributed by atoms with Crippen LogP contribution in [0.4, 0.5) is 0 Å². The molecule has 1 heterocycles. The second kappa shape index (κ2) is 8.96. The highest BCUT2D eigenvalue weighted by atomic mass is 16.5. The monoisotopic (exact) mass is 330 g/mol. The van der Waals surface area contributed by atoms with Crippen molar-refractivity contribution in [3.63, 3.8) is 0 Å². The molecule has 2 N–H and O–H groups in total. The lowest BCUT2D eigenvalue weighted by Crippen LogP contribution is -2.39. The number of ether oxygens (including phenoxy) is 1. The van der Waals surface area contributed by atoms with Gasteiger partial charge in [0.05, 0.1) is 12.8 Å². The molecule has 6 nitrogen and oxygen atoms in total. The Morgan fingerprint density at radius 3 is 2.33 bits per heavy atom. The Kier molecular flexibility index (Phi) is 6.66. The van der Waals surface area contributed by atoms with Crippen molar-refractivity contribution in [3.8, 4) is 5.75 Å². The summed E-state index contributed by atoms with van der Waals surface area (Å²) in [6, 6.07) is 8.11. The van der Waals surface area contributed by atoms with Crippen molar-refractivity contribution in [1.82, 2.24) is 15.8 Å². The van der Waals surface area contributed by atoms with Crippen LogP contribution in [-0.2, 0) is 12.8 Å². The van der Waals surface area contributed by atoms with Crippen LogP contribution < -0.4 is 15.4 Å². The standard InChI is InChI=1S/C18H26N4O2/c1-13-17(14(2)24-22-13)10-12-21-18(19-3)20-11-9-15-5-7-16(23-4)8-6-15/h5-8H,9-12H2,1-4H3,(H2,19,20,21). The molecule has 0 amide bonds. The molecule has 0 atom stereocenters. The van der Waals surface area contributed by atoms with E-state index in [1.807, 2.05) is 26.0 Å². The molecule has 6 heteroatoms. The van der Waals surface area contributed by atoms with Crippen LogP contribution >= 0.6 is 0 Å². The van der Waals surface area contributed by atoms with E-state index in [-0.39, 0.29) is 0 Å². The highest BCUT2D eigenvalue weighted by Crippen LogP contribution is 2.12. The summed E-state index contributed by atoms with van der Waals surface area (Å²) in [7, 11) is 3.45. The lowest BCUT2D eigenvalue weighted by molar-refractivity contribution is 0.392. The van der Waals surface area contributed by atoms with Gasteiger partial charge in [-0.1, -0.05) is 17.3 Å². The Hall–Kier alpha value is -2.50. The Morgan fingerprint density at radius 1 is 1.12 bits per heavy atom. The fourth-order valence-corrected chi connectivity index (χ4v) is 2.50. The van der Waals surface area contributed by atoms with Crippen LogP contribution in [0.3, 0.4) is 0 Å². The van der Waals surface area contributed by atoms with Gasteiger partial charge in [-0.05, 0) is 44.4 Å². The van der Waals surface area contributed by atoms with Crippen LogP contribution in [0, 0.1) is 13.8 Å². The zero-order chi connectivity index (χ0) is 17.4. The van der Waals surface area contributed by atoms with Crippen LogP contribution in [0.1, 0.15) is 22.6 Å². The smallest absolute Gasteiger partial charge is 0.190 e. The average molecular weight is 330 g/mol. The number of hydrogen-bond donors (Lipinski definition) is 2. The summed E-state index contributed by atoms with van der Waals surface area (Å²) >= 11 is 0. The van der Waals surface area contributed by atoms with Gasteiger partial charge in [-0.15, -0.1) is 0 Å². The van der Waals surface area contributed by atoms with Gasteiger partial charge in [-0.25, -0.2) is 0 Å². The summed E-state index contributed by atoms with van der Waals surface area (Å²) in [5.41, 5.74) is 3.38. The third kappa shape index (κ3) is 5.01. The van der Waals surface area contributed by atoms with Gasteiger partial charge < -0.3 is 19.9 Å². The molecule has 0 bridgehead atoms. The molecule has 0 aliphatic heterocycles. The molecule has 1 aromatic heterocycles. The van der Waals surface area contributed by atoms with Gasteiger partial charge in [0.25, 0.3) is 0 Å². The van der Waals surface area contributed by atoms with Crippen molar-refractivity contribution in [2.24, 2.45) is 4.99 Å². The SMILES string of the molecule is CN=C(NCCc1ccc(OC)cc1)NCCc1c(C)noc1C. The summed E-state index contributed by atoms with van der Waals surface area (Å²) < 4.78 is 10.3. The number of aliphatic imine (C=N–C) groups is 1. The fourth-order valence-electron chi connectivity index (χ4n) is 2.50. The predicted molar refractivity (Wildman–Crippen MR) is 95.7 cm³/mol. The number of methoxy groups -OCH3 is 1. The van der Waals surface area contributed by atoms with E-state index in [9.17, 15) is 0 Å². The quantitative estimate of drug-likeness (QED) is 0.602. The largest absolute Gasteiger partial charge is 0.497 e. The lowest BCUT2D eigenvalue weighted by atomic mass is 10.1. The average Bonchev–Trinajstić information content (AvgIpc) is 2.92. The molecule has 0 saturated carbocycles. The van der Waals surface area contributed by atoms with Crippen molar-refractivity contribution in [1.29, 1.82) is 0 Å². The number of rotatable bonds is 7. The Morgan fingerprint density at radius 2 is 1.79 bits per heavy atom. The first kappa shape index (κ1) is 17.8. The van der Waals surface area contributed by atoms with E-state index in [4.69, 9.17) is 9.26 Å². The summed E-state index contributed by atoms with van der Waals surface area (Å²) in [5.74, 6) is 2.57. The van der Waals surface area contributed by atoms with Gasteiger partial charge in [0, 0.05) is 25.7 Å². The number of guanidine groups is 1. The van der Waals surface area contributed by atoms with Crippen molar-refractivity contribution < 1.29 is 9.26 Å². The minimum Gasteiger partial charge on any atom is -0.497 e. The van der Waals surface area contributed by atoms with E-state index < -0.39 is 0 Å². The predicted octanol–water partition coefficient (Wildman–Crippen LogP) is 2.25. The number of nitrogens with zero attached hydrogens (tertiary/aromatic N) is 2. The highest BCUT2D eigenvalue weighted by molar-refractivity contribution is 5.79. The van der Waals surface area contributed by atoms with Crippen molar-refractivity contribution in [2.45, 2.75) is 26.7 Å². The van der Waals surface area contributed by atoms with Crippen LogP contribution in [-0.4, -0.2) is 38.4 Å². The normalized spacial score (nSPS) is 11.4. The van der Waals surface area contributed by atoms with Gasteiger partial charge in [-0.3, -0.25) is 4.99 Å². The zero-order valence-electron chi connectivity index (χ0n) is 14.8. The second-order valence-corrected chi connectivity index (χ2v) is 5.58. The number of aromatic nitrogens is 1. The summed E-state index contributed by atoms with van der Waals surface area (Å²) in [5, 5.41) is 10.6. The zero-order valence-corrected chi connectivity index (χ0v) is 14.8. The second-order valence-electron chi connectivity index (χ2n) is 5.58. The molecule has 0 spiro atoms. The van der Waals surface area contributed by atoms with Gasteiger partial charge in [-0.2, -0.15) is 0 Å². The molecule has 2 rings (SSSR count).